The lowest BCUT2D eigenvalue weighted by Gasteiger charge is -2.07. The van der Waals surface area contributed by atoms with Crippen LogP contribution in [0.1, 0.15) is 0 Å². The second kappa shape index (κ2) is 3.28. The maximum atomic E-state index is 9.99. The number of hydrogen-bond acceptors (Lipinski definition) is 3. The molecule has 3 aromatic carbocycles. The summed E-state index contributed by atoms with van der Waals surface area (Å²) in [6, 6.07) is 12.9. The Balaban J connectivity index is 2.55. The predicted molar refractivity (Wildman–Crippen MR) is 71.9 cm³/mol. The largest absolute Gasteiger partial charge is 0.507 e. The Morgan fingerprint density at radius 2 is 1.35 bits per heavy atom. The molecule has 0 spiro atoms. The molecule has 0 saturated heterocycles. The van der Waals surface area contributed by atoms with Gasteiger partial charge in [0, 0.05) is 16.8 Å². The van der Waals surface area contributed by atoms with E-state index in [2.05, 4.69) is 0 Å². The van der Waals surface area contributed by atoms with Gasteiger partial charge in [0.25, 0.3) is 0 Å². The van der Waals surface area contributed by atoms with Gasteiger partial charge in [0.2, 0.25) is 0 Å². The fourth-order valence-corrected chi connectivity index (χ4v) is 2.18. The van der Waals surface area contributed by atoms with Crippen molar-refractivity contribution in [2.75, 3.05) is 11.5 Å². The molecule has 3 heteroatoms. The SMILES string of the molecule is Nc1ccc2c(c1)cc(O)c1cc(N)ccc12. The monoisotopic (exact) mass is 224 g/mol. The third-order valence-corrected chi connectivity index (χ3v) is 2.98. The van der Waals surface area contributed by atoms with Gasteiger partial charge in [-0.15, -0.1) is 0 Å². The Kier molecular flexibility index (Phi) is 1.89. The number of hydrogen-bond donors (Lipinski definition) is 3. The molecule has 3 aromatic rings. The molecule has 0 aliphatic heterocycles. The first kappa shape index (κ1) is 9.78. The van der Waals surface area contributed by atoms with Gasteiger partial charge in [-0.1, -0.05) is 12.1 Å². The normalized spacial score (nSPS) is 11.1. The van der Waals surface area contributed by atoms with Gasteiger partial charge in [-0.05, 0) is 46.5 Å². The van der Waals surface area contributed by atoms with Crippen LogP contribution in [0.5, 0.6) is 5.75 Å². The molecule has 0 aliphatic carbocycles. The molecule has 0 fully saturated rings. The molecule has 17 heavy (non-hydrogen) atoms. The first-order valence-corrected chi connectivity index (χ1v) is 5.35. The van der Waals surface area contributed by atoms with Crippen LogP contribution in [0.3, 0.4) is 0 Å². The molecule has 0 unspecified atom stereocenters. The molecular weight excluding hydrogens is 212 g/mol. The molecule has 0 bridgehead atoms. The third-order valence-electron chi connectivity index (χ3n) is 2.98. The summed E-state index contributed by atoms with van der Waals surface area (Å²) in [5.74, 6) is 0.227. The molecule has 0 amide bonds. The van der Waals surface area contributed by atoms with Gasteiger partial charge >= 0.3 is 0 Å². The van der Waals surface area contributed by atoms with Crippen LogP contribution in [-0.4, -0.2) is 5.11 Å². The number of nitrogens with two attached hydrogens (primary N) is 2. The van der Waals surface area contributed by atoms with Crippen molar-refractivity contribution >= 4 is 32.9 Å². The highest BCUT2D eigenvalue weighted by molar-refractivity contribution is 6.11. The van der Waals surface area contributed by atoms with E-state index in [1.165, 1.54) is 0 Å². The summed E-state index contributed by atoms with van der Waals surface area (Å²) >= 11 is 0. The van der Waals surface area contributed by atoms with Gasteiger partial charge < -0.3 is 16.6 Å². The number of rotatable bonds is 0. The van der Waals surface area contributed by atoms with Crippen molar-refractivity contribution in [1.82, 2.24) is 0 Å². The minimum absolute atomic E-state index is 0.227. The van der Waals surface area contributed by atoms with Gasteiger partial charge in [0.15, 0.2) is 0 Å². The van der Waals surface area contributed by atoms with Gasteiger partial charge in [-0.25, -0.2) is 0 Å². The van der Waals surface area contributed by atoms with Crippen molar-refractivity contribution in [2.45, 2.75) is 0 Å². The Labute approximate surface area is 98.3 Å². The zero-order valence-corrected chi connectivity index (χ0v) is 9.14. The van der Waals surface area contributed by atoms with Crippen LogP contribution < -0.4 is 11.5 Å². The molecule has 0 aliphatic rings. The number of phenolic OH excluding ortho intramolecular Hbond substituents is 1. The number of phenols is 1. The topological polar surface area (TPSA) is 72.3 Å². The predicted octanol–water partition coefficient (Wildman–Crippen LogP) is 2.86. The molecule has 3 rings (SSSR count). The summed E-state index contributed by atoms with van der Waals surface area (Å²) in [7, 11) is 0. The Morgan fingerprint density at radius 3 is 2.12 bits per heavy atom. The van der Waals surface area contributed by atoms with E-state index in [0.29, 0.717) is 11.4 Å². The number of aromatic hydroxyl groups is 1. The molecule has 0 aromatic heterocycles. The lowest BCUT2D eigenvalue weighted by molar-refractivity contribution is 0.482. The van der Waals surface area contributed by atoms with Crippen LogP contribution in [0.25, 0.3) is 21.5 Å². The first-order valence-electron chi connectivity index (χ1n) is 5.35. The Bertz CT molecular complexity index is 735. The summed E-state index contributed by atoms with van der Waals surface area (Å²) < 4.78 is 0. The van der Waals surface area contributed by atoms with E-state index in [4.69, 9.17) is 11.5 Å². The molecule has 0 radical (unpaired) electrons. The van der Waals surface area contributed by atoms with Crippen molar-refractivity contribution in [3.63, 3.8) is 0 Å². The summed E-state index contributed by atoms with van der Waals surface area (Å²) in [4.78, 5) is 0. The summed E-state index contributed by atoms with van der Waals surface area (Å²) in [5.41, 5.74) is 12.8. The molecule has 0 saturated carbocycles. The van der Waals surface area contributed by atoms with E-state index in [-0.39, 0.29) is 5.75 Å². The van der Waals surface area contributed by atoms with Gasteiger partial charge in [-0.2, -0.15) is 0 Å². The maximum absolute atomic E-state index is 9.99. The van der Waals surface area contributed by atoms with E-state index in [9.17, 15) is 5.11 Å². The van der Waals surface area contributed by atoms with Crippen molar-refractivity contribution < 1.29 is 5.11 Å². The zero-order valence-electron chi connectivity index (χ0n) is 9.14. The first-order chi connectivity index (χ1) is 8.15. The van der Waals surface area contributed by atoms with E-state index < -0.39 is 0 Å². The van der Waals surface area contributed by atoms with Crippen molar-refractivity contribution in [3.8, 4) is 5.75 Å². The Hall–Kier alpha value is -2.42. The highest BCUT2D eigenvalue weighted by Crippen LogP contribution is 2.34. The van der Waals surface area contributed by atoms with E-state index in [1.54, 1.807) is 12.1 Å². The number of benzene rings is 3. The second-order valence-electron chi connectivity index (χ2n) is 4.18. The summed E-state index contributed by atoms with van der Waals surface area (Å²) in [5, 5.41) is 13.7. The molecule has 84 valence electrons. The smallest absolute Gasteiger partial charge is 0.124 e. The van der Waals surface area contributed by atoms with Gasteiger partial charge in [-0.3, -0.25) is 0 Å². The average molecular weight is 224 g/mol. The van der Waals surface area contributed by atoms with Crippen LogP contribution in [0.2, 0.25) is 0 Å². The molecule has 0 atom stereocenters. The van der Waals surface area contributed by atoms with E-state index in [1.807, 2.05) is 30.3 Å². The standard InChI is InChI=1S/C14H12N2O/c15-9-1-3-11-8(5-9)6-14(17)13-7-10(16)2-4-12(11)13/h1-7,17H,15-16H2. The maximum Gasteiger partial charge on any atom is 0.124 e. The second-order valence-corrected chi connectivity index (χ2v) is 4.18. The van der Waals surface area contributed by atoms with Gasteiger partial charge in [0.1, 0.15) is 5.75 Å². The lowest BCUT2D eigenvalue weighted by atomic mass is 10.0. The highest BCUT2D eigenvalue weighted by atomic mass is 16.3. The fourth-order valence-electron chi connectivity index (χ4n) is 2.18. The molecule has 0 heterocycles. The number of nitrogen functional groups attached to an aromatic ring is 2. The average Bonchev–Trinajstić information content (AvgIpc) is 2.29. The molecule has 3 nitrogen and oxygen atoms in total. The summed E-state index contributed by atoms with van der Waals surface area (Å²) in [6.07, 6.45) is 0. The number of fused-ring (bicyclic) bond motifs is 3. The van der Waals surface area contributed by atoms with Crippen molar-refractivity contribution in [1.29, 1.82) is 0 Å². The quantitative estimate of drug-likeness (QED) is 0.406. The lowest BCUT2D eigenvalue weighted by Crippen LogP contribution is -1.87. The summed E-state index contributed by atoms with van der Waals surface area (Å²) in [6.45, 7) is 0. The van der Waals surface area contributed by atoms with Gasteiger partial charge in [0.05, 0.1) is 0 Å². The van der Waals surface area contributed by atoms with Crippen LogP contribution in [0.4, 0.5) is 11.4 Å². The fraction of sp³-hybridized carbons (Fsp3) is 0. The van der Waals surface area contributed by atoms with E-state index >= 15 is 0 Å². The highest BCUT2D eigenvalue weighted by Gasteiger charge is 2.06. The minimum atomic E-state index is 0.227. The Morgan fingerprint density at radius 1 is 0.706 bits per heavy atom. The van der Waals surface area contributed by atoms with Crippen LogP contribution in [0, 0.1) is 0 Å². The van der Waals surface area contributed by atoms with E-state index in [0.717, 1.165) is 21.5 Å². The van der Waals surface area contributed by atoms with Crippen LogP contribution >= 0.6 is 0 Å². The molecular formula is C14H12N2O. The van der Waals surface area contributed by atoms with Crippen LogP contribution in [-0.2, 0) is 0 Å². The zero-order chi connectivity index (χ0) is 12.0. The van der Waals surface area contributed by atoms with Crippen LogP contribution in [0.15, 0.2) is 42.5 Å². The van der Waals surface area contributed by atoms with Crippen molar-refractivity contribution in [2.24, 2.45) is 0 Å². The third kappa shape index (κ3) is 1.44. The minimum Gasteiger partial charge on any atom is -0.507 e. The molecule has 5 N–H and O–H groups in total. The van der Waals surface area contributed by atoms with Crippen molar-refractivity contribution in [3.05, 3.63) is 42.5 Å². The number of anilines is 2.